The molecule has 1 aliphatic rings. The lowest BCUT2D eigenvalue weighted by molar-refractivity contribution is 0.0322. The summed E-state index contributed by atoms with van der Waals surface area (Å²) >= 11 is 0. The summed E-state index contributed by atoms with van der Waals surface area (Å²) in [5.74, 6) is 1.45. The number of hydrogen-bond acceptors (Lipinski definition) is 5. The molecule has 6 heteroatoms. The van der Waals surface area contributed by atoms with Gasteiger partial charge in [0.05, 0.1) is 24.6 Å². The van der Waals surface area contributed by atoms with E-state index in [-0.39, 0.29) is 0 Å². The molecule has 0 radical (unpaired) electrons. The van der Waals surface area contributed by atoms with E-state index >= 15 is 0 Å². The summed E-state index contributed by atoms with van der Waals surface area (Å²) < 4.78 is 13.0. The Morgan fingerprint density at radius 1 is 1.00 bits per heavy atom. The standard InChI is InChI=1S/C21H24N4O2/c22-21-16-20(17-4-2-1-3-5-17)23-25(21)18-6-8-19(9-7-18)27-15-12-24-10-13-26-14-11-24/h1-9,16H,10-15,22H2. The van der Waals surface area contributed by atoms with E-state index in [0.717, 1.165) is 55.5 Å². The van der Waals surface area contributed by atoms with Gasteiger partial charge in [-0.15, -0.1) is 0 Å². The summed E-state index contributed by atoms with van der Waals surface area (Å²) in [5.41, 5.74) is 8.98. The van der Waals surface area contributed by atoms with Crippen molar-refractivity contribution in [2.75, 3.05) is 45.2 Å². The van der Waals surface area contributed by atoms with Crippen LogP contribution in [-0.2, 0) is 4.74 Å². The Hall–Kier alpha value is -2.83. The molecule has 2 N–H and O–H groups in total. The molecule has 3 aromatic rings. The first kappa shape index (κ1) is 17.6. The minimum atomic E-state index is 0.606. The summed E-state index contributed by atoms with van der Waals surface area (Å²) in [7, 11) is 0. The molecule has 6 nitrogen and oxygen atoms in total. The summed E-state index contributed by atoms with van der Waals surface area (Å²) in [6, 6.07) is 19.8. The highest BCUT2D eigenvalue weighted by Gasteiger charge is 2.11. The predicted octanol–water partition coefficient (Wildman–Crippen LogP) is 2.83. The monoisotopic (exact) mass is 364 g/mol. The van der Waals surface area contributed by atoms with Crippen molar-refractivity contribution in [2.45, 2.75) is 0 Å². The van der Waals surface area contributed by atoms with Gasteiger partial charge in [0.1, 0.15) is 18.2 Å². The fourth-order valence-electron chi connectivity index (χ4n) is 3.15. The Balaban J connectivity index is 1.39. The summed E-state index contributed by atoms with van der Waals surface area (Å²) in [5, 5.41) is 4.64. The molecule has 1 saturated heterocycles. The van der Waals surface area contributed by atoms with Crippen molar-refractivity contribution >= 4 is 5.82 Å². The van der Waals surface area contributed by atoms with E-state index in [9.17, 15) is 0 Å². The second-order valence-electron chi connectivity index (χ2n) is 6.53. The molecule has 4 rings (SSSR count). The average molecular weight is 364 g/mol. The highest BCUT2D eigenvalue weighted by Crippen LogP contribution is 2.23. The number of anilines is 1. The molecule has 0 bridgehead atoms. The third-order valence-corrected chi connectivity index (χ3v) is 4.67. The van der Waals surface area contributed by atoms with E-state index in [1.54, 1.807) is 4.68 Å². The van der Waals surface area contributed by atoms with Crippen LogP contribution in [0.2, 0.25) is 0 Å². The van der Waals surface area contributed by atoms with Crippen molar-refractivity contribution in [2.24, 2.45) is 0 Å². The maximum absolute atomic E-state index is 6.17. The first-order chi connectivity index (χ1) is 13.3. The minimum Gasteiger partial charge on any atom is -0.492 e. The van der Waals surface area contributed by atoms with Crippen LogP contribution >= 0.6 is 0 Å². The number of nitrogens with two attached hydrogens (primary N) is 1. The summed E-state index contributed by atoms with van der Waals surface area (Å²) in [6.07, 6.45) is 0. The maximum atomic E-state index is 6.17. The normalized spacial score (nSPS) is 15.0. The van der Waals surface area contributed by atoms with E-state index in [1.165, 1.54) is 0 Å². The number of aromatic nitrogens is 2. The zero-order chi connectivity index (χ0) is 18.5. The molecular weight excluding hydrogens is 340 g/mol. The molecule has 0 atom stereocenters. The molecule has 27 heavy (non-hydrogen) atoms. The van der Waals surface area contributed by atoms with Crippen LogP contribution in [0.3, 0.4) is 0 Å². The van der Waals surface area contributed by atoms with E-state index in [1.807, 2.05) is 60.7 Å². The molecule has 1 fully saturated rings. The van der Waals surface area contributed by atoms with Crippen LogP contribution in [0.5, 0.6) is 5.75 Å². The molecule has 0 amide bonds. The third-order valence-electron chi connectivity index (χ3n) is 4.67. The van der Waals surface area contributed by atoms with Crippen molar-refractivity contribution in [3.63, 3.8) is 0 Å². The largest absolute Gasteiger partial charge is 0.492 e. The van der Waals surface area contributed by atoms with Crippen molar-refractivity contribution in [1.29, 1.82) is 0 Å². The van der Waals surface area contributed by atoms with Crippen LogP contribution in [0, 0.1) is 0 Å². The number of ether oxygens (including phenoxy) is 2. The smallest absolute Gasteiger partial charge is 0.127 e. The molecule has 140 valence electrons. The predicted molar refractivity (Wildman–Crippen MR) is 106 cm³/mol. The fourth-order valence-corrected chi connectivity index (χ4v) is 3.15. The molecule has 0 aliphatic carbocycles. The van der Waals surface area contributed by atoms with Gasteiger partial charge < -0.3 is 15.2 Å². The first-order valence-electron chi connectivity index (χ1n) is 9.24. The molecule has 0 saturated carbocycles. The van der Waals surface area contributed by atoms with Gasteiger partial charge in [-0.3, -0.25) is 4.90 Å². The zero-order valence-electron chi connectivity index (χ0n) is 15.3. The van der Waals surface area contributed by atoms with Crippen molar-refractivity contribution in [3.8, 4) is 22.7 Å². The lowest BCUT2D eigenvalue weighted by Gasteiger charge is -2.26. The van der Waals surface area contributed by atoms with E-state index in [0.29, 0.717) is 12.4 Å². The number of nitrogens with zero attached hydrogens (tertiary/aromatic N) is 3. The molecular formula is C21H24N4O2. The van der Waals surface area contributed by atoms with Gasteiger partial charge >= 0.3 is 0 Å². The molecule has 1 aliphatic heterocycles. The maximum Gasteiger partial charge on any atom is 0.127 e. The molecule has 2 aromatic carbocycles. The van der Waals surface area contributed by atoms with Gasteiger partial charge in [-0.2, -0.15) is 5.10 Å². The third kappa shape index (κ3) is 4.30. The van der Waals surface area contributed by atoms with Gasteiger partial charge in [-0.1, -0.05) is 30.3 Å². The quantitative estimate of drug-likeness (QED) is 0.729. The van der Waals surface area contributed by atoms with Gasteiger partial charge in [0.2, 0.25) is 0 Å². The van der Waals surface area contributed by atoms with Crippen LogP contribution in [0.25, 0.3) is 16.9 Å². The van der Waals surface area contributed by atoms with Gasteiger partial charge in [-0.05, 0) is 24.3 Å². The van der Waals surface area contributed by atoms with Crippen LogP contribution < -0.4 is 10.5 Å². The molecule has 2 heterocycles. The van der Waals surface area contributed by atoms with Crippen molar-refractivity contribution in [1.82, 2.24) is 14.7 Å². The second-order valence-corrected chi connectivity index (χ2v) is 6.53. The fraction of sp³-hybridized carbons (Fsp3) is 0.286. The van der Waals surface area contributed by atoms with E-state index in [2.05, 4.69) is 10.00 Å². The minimum absolute atomic E-state index is 0.606. The SMILES string of the molecule is Nc1cc(-c2ccccc2)nn1-c1ccc(OCCN2CCOCC2)cc1. The lowest BCUT2D eigenvalue weighted by Crippen LogP contribution is -2.38. The van der Waals surface area contributed by atoms with Gasteiger partial charge in [0, 0.05) is 31.3 Å². The Morgan fingerprint density at radius 3 is 2.48 bits per heavy atom. The summed E-state index contributed by atoms with van der Waals surface area (Å²) in [6.45, 7) is 5.16. The Labute approximate surface area is 159 Å². The van der Waals surface area contributed by atoms with E-state index < -0.39 is 0 Å². The first-order valence-corrected chi connectivity index (χ1v) is 9.24. The Morgan fingerprint density at radius 2 is 1.74 bits per heavy atom. The average Bonchev–Trinajstić information content (AvgIpc) is 3.12. The second kappa shape index (κ2) is 8.24. The van der Waals surface area contributed by atoms with Crippen molar-refractivity contribution in [3.05, 3.63) is 60.7 Å². The van der Waals surface area contributed by atoms with Gasteiger partial charge in [0.25, 0.3) is 0 Å². The van der Waals surface area contributed by atoms with Crippen LogP contribution in [-0.4, -0.2) is 54.1 Å². The highest BCUT2D eigenvalue weighted by molar-refractivity contribution is 5.63. The number of morpholine rings is 1. The van der Waals surface area contributed by atoms with Gasteiger partial charge in [0.15, 0.2) is 0 Å². The van der Waals surface area contributed by atoms with Crippen LogP contribution in [0.15, 0.2) is 60.7 Å². The van der Waals surface area contributed by atoms with Crippen molar-refractivity contribution < 1.29 is 9.47 Å². The molecule has 1 aromatic heterocycles. The molecule has 0 spiro atoms. The Kier molecular flexibility index (Phi) is 5.37. The Bertz CT molecular complexity index is 856. The number of nitrogen functional groups attached to an aromatic ring is 1. The number of benzene rings is 2. The molecule has 0 unspecified atom stereocenters. The van der Waals surface area contributed by atoms with Crippen LogP contribution in [0.4, 0.5) is 5.82 Å². The number of rotatable bonds is 6. The van der Waals surface area contributed by atoms with Crippen LogP contribution in [0.1, 0.15) is 0 Å². The van der Waals surface area contributed by atoms with E-state index in [4.69, 9.17) is 15.2 Å². The highest BCUT2D eigenvalue weighted by atomic mass is 16.5. The zero-order valence-corrected chi connectivity index (χ0v) is 15.3. The lowest BCUT2D eigenvalue weighted by atomic mass is 10.2. The topological polar surface area (TPSA) is 65.5 Å². The number of hydrogen-bond donors (Lipinski definition) is 1. The van der Waals surface area contributed by atoms with Gasteiger partial charge in [-0.25, -0.2) is 4.68 Å². The summed E-state index contributed by atoms with van der Waals surface area (Å²) in [4.78, 5) is 2.35.